The number of carbonyl (C=O) groups is 1. The molecule has 0 unspecified atom stereocenters. The predicted octanol–water partition coefficient (Wildman–Crippen LogP) is 8.75. The number of methoxy groups -OCH3 is 2. The highest BCUT2D eigenvalue weighted by atomic mass is 32.1. The number of benzene rings is 3. The fraction of sp³-hybridized carbons (Fsp3) is 0.0588. The maximum atomic E-state index is 11.1. The third-order valence-corrected chi connectivity index (χ3v) is 9.18. The minimum atomic E-state index is -1.22. The quantitative estimate of drug-likeness (QED) is 0.142. The van der Waals surface area contributed by atoms with E-state index >= 15 is 0 Å². The summed E-state index contributed by atoms with van der Waals surface area (Å²) in [5, 5.41) is 20.3. The van der Waals surface area contributed by atoms with E-state index in [2.05, 4.69) is 77.4 Å². The second-order valence-corrected chi connectivity index (χ2v) is 11.6. The van der Waals surface area contributed by atoms with Gasteiger partial charge in [-0.3, -0.25) is 0 Å². The number of rotatable bonds is 8. The number of fused-ring (bicyclic) bond motifs is 3. The van der Waals surface area contributed by atoms with E-state index in [-0.39, 0.29) is 5.57 Å². The molecule has 3 heterocycles. The number of aromatic nitrogens is 1. The number of aliphatic carboxylic acids is 1. The number of hydrogen-bond donors (Lipinski definition) is 1. The smallest absolute Gasteiger partial charge is 0.346 e. The summed E-state index contributed by atoms with van der Waals surface area (Å²) in [6, 6.07) is 30.4. The van der Waals surface area contributed by atoms with Crippen molar-refractivity contribution in [3.8, 4) is 33.0 Å². The molecule has 0 atom stereocenters. The number of thiophene rings is 2. The van der Waals surface area contributed by atoms with Crippen molar-refractivity contribution in [3.05, 3.63) is 106 Å². The number of carboxylic acid groups (broad SMARTS) is 1. The zero-order valence-electron chi connectivity index (χ0n) is 22.7. The molecule has 6 nitrogen and oxygen atoms in total. The number of nitriles is 1. The van der Waals surface area contributed by atoms with Crippen LogP contribution in [-0.2, 0) is 4.79 Å². The summed E-state index contributed by atoms with van der Waals surface area (Å²) in [5.74, 6) is 0.397. The molecule has 0 saturated carbocycles. The van der Waals surface area contributed by atoms with Gasteiger partial charge in [-0.2, -0.15) is 5.26 Å². The number of ether oxygens (including phenoxy) is 2. The monoisotopic (exact) mass is 588 g/mol. The Morgan fingerprint density at radius 1 is 0.786 bits per heavy atom. The molecule has 6 rings (SSSR count). The molecule has 206 valence electrons. The molecule has 0 aliphatic carbocycles. The average molecular weight is 589 g/mol. The zero-order chi connectivity index (χ0) is 29.2. The van der Waals surface area contributed by atoms with Gasteiger partial charge in [0.15, 0.2) is 0 Å². The van der Waals surface area contributed by atoms with Crippen molar-refractivity contribution in [2.24, 2.45) is 0 Å². The van der Waals surface area contributed by atoms with Gasteiger partial charge in [0.1, 0.15) is 23.1 Å². The third-order valence-electron chi connectivity index (χ3n) is 6.90. The van der Waals surface area contributed by atoms with Gasteiger partial charge < -0.3 is 19.1 Å². The van der Waals surface area contributed by atoms with Crippen LogP contribution in [0.25, 0.3) is 55.5 Å². The van der Waals surface area contributed by atoms with E-state index in [1.165, 1.54) is 17.4 Å². The molecule has 1 N–H and O–H groups in total. The van der Waals surface area contributed by atoms with Gasteiger partial charge in [-0.25, -0.2) is 4.79 Å². The van der Waals surface area contributed by atoms with Gasteiger partial charge in [0.2, 0.25) is 0 Å². The molecule has 0 amide bonds. The molecule has 0 aliphatic rings. The van der Waals surface area contributed by atoms with E-state index in [0.717, 1.165) is 64.1 Å². The summed E-state index contributed by atoms with van der Waals surface area (Å²) in [4.78, 5) is 15.1. The van der Waals surface area contributed by atoms with Crippen molar-refractivity contribution in [1.29, 1.82) is 5.26 Å². The number of nitrogens with zero attached hydrogens (tertiary/aromatic N) is 2. The van der Waals surface area contributed by atoms with Crippen molar-refractivity contribution in [2.75, 3.05) is 14.2 Å². The summed E-state index contributed by atoms with van der Waals surface area (Å²) in [5.41, 5.74) is 4.05. The van der Waals surface area contributed by atoms with Crippen molar-refractivity contribution in [2.45, 2.75) is 0 Å². The highest BCUT2D eigenvalue weighted by molar-refractivity contribution is 7.23. The maximum absolute atomic E-state index is 11.1. The lowest BCUT2D eigenvalue weighted by Gasteiger charge is -2.09. The third kappa shape index (κ3) is 5.19. The number of carboxylic acids is 1. The largest absolute Gasteiger partial charge is 0.497 e. The Morgan fingerprint density at radius 2 is 1.36 bits per heavy atom. The summed E-state index contributed by atoms with van der Waals surface area (Å²) < 4.78 is 13.2. The van der Waals surface area contributed by atoms with Crippen LogP contribution < -0.4 is 9.47 Å². The van der Waals surface area contributed by atoms with Crippen LogP contribution in [0.15, 0.2) is 90.5 Å². The van der Waals surface area contributed by atoms with Gasteiger partial charge in [-0.05, 0) is 90.5 Å². The molecule has 3 aromatic carbocycles. The Balaban J connectivity index is 1.25. The molecule has 0 bridgehead atoms. The van der Waals surface area contributed by atoms with Crippen molar-refractivity contribution in [3.63, 3.8) is 0 Å². The van der Waals surface area contributed by atoms with E-state index in [9.17, 15) is 4.79 Å². The Bertz CT molecular complexity index is 1990. The maximum Gasteiger partial charge on any atom is 0.346 e. The Hall–Kier alpha value is -5.10. The lowest BCUT2D eigenvalue weighted by molar-refractivity contribution is -0.132. The zero-order valence-corrected chi connectivity index (χ0v) is 24.3. The van der Waals surface area contributed by atoms with Gasteiger partial charge in [0, 0.05) is 36.0 Å². The van der Waals surface area contributed by atoms with E-state index in [1.807, 2.05) is 24.3 Å². The molecule has 3 aromatic heterocycles. The van der Waals surface area contributed by atoms with Crippen LogP contribution in [0.5, 0.6) is 11.5 Å². The van der Waals surface area contributed by atoms with Crippen molar-refractivity contribution in [1.82, 2.24) is 4.57 Å². The van der Waals surface area contributed by atoms with E-state index in [4.69, 9.17) is 19.8 Å². The molecule has 6 aromatic rings. The molecular formula is C34H24N2O4S2. The van der Waals surface area contributed by atoms with Crippen LogP contribution >= 0.6 is 22.7 Å². The van der Waals surface area contributed by atoms with Gasteiger partial charge >= 0.3 is 5.97 Å². The first kappa shape index (κ1) is 27.1. The normalized spacial score (nSPS) is 11.8. The van der Waals surface area contributed by atoms with Crippen molar-refractivity contribution >= 4 is 68.7 Å². The van der Waals surface area contributed by atoms with Crippen LogP contribution in [0, 0.1) is 11.3 Å². The lowest BCUT2D eigenvalue weighted by Crippen LogP contribution is -1.96. The first-order valence-corrected chi connectivity index (χ1v) is 14.6. The van der Waals surface area contributed by atoms with E-state index in [1.54, 1.807) is 31.6 Å². The molecule has 0 saturated heterocycles. The fourth-order valence-corrected chi connectivity index (χ4v) is 6.80. The average Bonchev–Trinajstić information content (AvgIpc) is 3.76. The summed E-state index contributed by atoms with van der Waals surface area (Å²) in [6.07, 6.45) is 5.59. The molecule has 8 heteroatoms. The SMILES string of the molecule is COc1ccc2c(c1)c1cc(OC)ccc1n2-c1ccc(C=Cc2ccc(-c3ccc(C=C(C#N)C(=O)O)s3)s2)cc1. The number of hydrogen-bond acceptors (Lipinski definition) is 6. The molecule has 0 spiro atoms. The summed E-state index contributed by atoms with van der Waals surface area (Å²) >= 11 is 3.12. The first-order chi connectivity index (χ1) is 20.5. The highest BCUT2D eigenvalue weighted by Crippen LogP contribution is 2.37. The molecule has 0 radical (unpaired) electrons. The van der Waals surface area contributed by atoms with Crippen LogP contribution in [-0.4, -0.2) is 29.9 Å². The van der Waals surface area contributed by atoms with Crippen molar-refractivity contribution < 1.29 is 19.4 Å². The minimum absolute atomic E-state index is 0.275. The first-order valence-electron chi connectivity index (χ1n) is 13.0. The van der Waals surface area contributed by atoms with E-state index < -0.39 is 5.97 Å². The fourth-order valence-electron chi connectivity index (χ4n) is 4.85. The lowest BCUT2D eigenvalue weighted by atomic mass is 10.1. The van der Waals surface area contributed by atoms with Gasteiger partial charge in [0.25, 0.3) is 0 Å². The summed E-state index contributed by atoms with van der Waals surface area (Å²) in [6.45, 7) is 0. The van der Waals surface area contributed by atoms with Gasteiger partial charge in [-0.1, -0.05) is 18.2 Å². The molecular weight excluding hydrogens is 565 g/mol. The predicted molar refractivity (Wildman–Crippen MR) is 172 cm³/mol. The molecule has 0 fully saturated rings. The van der Waals surface area contributed by atoms with Crippen LogP contribution in [0.3, 0.4) is 0 Å². The molecule has 42 heavy (non-hydrogen) atoms. The standard InChI is InChI=1S/C34H24N2O4S2/c1-39-24-8-13-30-28(18-24)29-19-25(40-2)9-14-31(29)36(30)23-6-3-21(4-7-23)5-10-26-11-15-32(41-26)33-16-12-27(42-33)17-22(20-35)34(37)38/h3-19H,1-2H3,(H,37,38). The van der Waals surface area contributed by atoms with Crippen LogP contribution in [0.1, 0.15) is 15.3 Å². The van der Waals surface area contributed by atoms with Crippen LogP contribution in [0.4, 0.5) is 0 Å². The van der Waals surface area contributed by atoms with Gasteiger partial charge in [-0.15, -0.1) is 22.7 Å². The Labute approximate surface area is 250 Å². The van der Waals surface area contributed by atoms with E-state index in [0.29, 0.717) is 0 Å². The highest BCUT2D eigenvalue weighted by Gasteiger charge is 2.14. The topological polar surface area (TPSA) is 84.5 Å². The Morgan fingerprint density at radius 3 is 1.90 bits per heavy atom. The van der Waals surface area contributed by atoms with Gasteiger partial charge in [0.05, 0.1) is 25.3 Å². The van der Waals surface area contributed by atoms with Crippen LogP contribution in [0.2, 0.25) is 0 Å². The second kappa shape index (κ2) is 11.4. The summed E-state index contributed by atoms with van der Waals surface area (Å²) in [7, 11) is 3.36. The molecule has 0 aliphatic heterocycles. The minimum Gasteiger partial charge on any atom is -0.497 e. The Kier molecular flexibility index (Phi) is 7.36. The second-order valence-electron chi connectivity index (χ2n) is 9.41.